The van der Waals surface area contributed by atoms with Gasteiger partial charge in [0.15, 0.2) is 0 Å². The van der Waals surface area contributed by atoms with E-state index in [9.17, 15) is 4.79 Å². The summed E-state index contributed by atoms with van der Waals surface area (Å²) in [7, 11) is 1.69. The van der Waals surface area contributed by atoms with E-state index < -0.39 is 5.97 Å². The molecule has 0 amide bonds. The van der Waals surface area contributed by atoms with E-state index >= 15 is 0 Å². The normalized spacial score (nSPS) is 12.6. The van der Waals surface area contributed by atoms with E-state index in [1.807, 2.05) is 19.1 Å². The summed E-state index contributed by atoms with van der Waals surface area (Å²) in [6.45, 7) is 10.0. The zero-order valence-electron chi connectivity index (χ0n) is 16.3. The molecule has 0 bridgehead atoms. The molecule has 0 aliphatic carbocycles. The molecular formula is C21H26NaO3. The smallest absolute Gasteiger partial charge is 0.328 e. The Labute approximate surface area is 173 Å². The third-order valence-electron chi connectivity index (χ3n) is 3.91. The first-order chi connectivity index (χ1) is 11.3. The summed E-state index contributed by atoms with van der Waals surface area (Å²) in [5.41, 5.74) is 6.53. The molecule has 25 heavy (non-hydrogen) atoms. The van der Waals surface area contributed by atoms with E-state index in [0.29, 0.717) is 5.57 Å². The van der Waals surface area contributed by atoms with Gasteiger partial charge in [0.25, 0.3) is 0 Å². The van der Waals surface area contributed by atoms with E-state index in [2.05, 4.69) is 39.0 Å². The molecule has 0 aliphatic rings. The summed E-state index contributed by atoms with van der Waals surface area (Å²) < 4.78 is 5.40. The minimum atomic E-state index is -0.932. The van der Waals surface area contributed by atoms with Gasteiger partial charge in [0, 0.05) is 35.6 Å². The number of rotatable bonds is 6. The van der Waals surface area contributed by atoms with Crippen molar-refractivity contribution in [3.63, 3.8) is 0 Å². The molecule has 0 aliphatic heterocycles. The van der Waals surface area contributed by atoms with Crippen LogP contribution in [0.15, 0.2) is 47.6 Å². The molecule has 129 valence electrons. The molecule has 4 heteroatoms. The summed E-state index contributed by atoms with van der Waals surface area (Å²) in [5, 5.41) is 8.67. The molecule has 0 saturated heterocycles. The van der Waals surface area contributed by atoms with Crippen molar-refractivity contribution < 1.29 is 14.6 Å². The number of carbonyl (C=O) groups is 1. The summed E-state index contributed by atoms with van der Waals surface area (Å²) in [4.78, 5) is 10.6. The van der Waals surface area contributed by atoms with Gasteiger partial charge < -0.3 is 9.84 Å². The molecule has 0 aromatic heterocycles. The number of hydrogen-bond donors (Lipinski definition) is 1. The second kappa shape index (κ2) is 11.1. The average molecular weight is 349 g/mol. The van der Waals surface area contributed by atoms with Crippen LogP contribution in [0.25, 0.3) is 6.08 Å². The second-order valence-electron chi connectivity index (χ2n) is 5.89. The van der Waals surface area contributed by atoms with Crippen molar-refractivity contribution in [2.75, 3.05) is 7.11 Å². The zero-order chi connectivity index (χ0) is 18.3. The van der Waals surface area contributed by atoms with Crippen molar-refractivity contribution >= 4 is 41.6 Å². The van der Waals surface area contributed by atoms with Gasteiger partial charge in [-0.2, -0.15) is 0 Å². The van der Waals surface area contributed by atoms with Crippen molar-refractivity contribution in [3.05, 3.63) is 69.8 Å². The molecule has 3 nitrogen and oxygen atoms in total. The molecule has 0 heterocycles. The number of allylic oxidation sites excluding steroid dienone is 6. The fourth-order valence-corrected chi connectivity index (χ4v) is 2.40. The van der Waals surface area contributed by atoms with Crippen LogP contribution >= 0.6 is 0 Å². The van der Waals surface area contributed by atoms with Crippen molar-refractivity contribution in [3.8, 4) is 5.75 Å². The van der Waals surface area contributed by atoms with E-state index in [4.69, 9.17) is 9.84 Å². The number of benzene rings is 1. The number of methoxy groups -OCH3 is 1. The van der Waals surface area contributed by atoms with Gasteiger partial charge in [-0.15, -0.1) is 0 Å². The SMILES string of the molecule is COc1cc(C)c(/C=C/C(C)=C/C=C/C(C)=C/C(=O)O)c(C)c1C.[Na]. The summed E-state index contributed by atoms with van der Waals surface area (Å²) >= 11 is 0. The number of aliphatic carboxylic acids is 1. The van der Waals surface area contributed by atoms with Gasteiger partial charge >= 0.3 is 5.97 Å². The van der Waals surface area contributed by atoms with Gasteiger partial charge in [-0.3, -0.25) is 0 Å². The predicted octanol–water partition coefficient (Wildman–Crippen LogP) is 4.79. The van der Waals surface area contributed by atoms with Crippen LogP contribution in [0.4, 0.5) is 0 Å². The zero-order valence-corrected chi connectivity index (χ0v) is 18.3. The molecule has 1 radical (unpaired) electrons. The van der Waals surface area contributed by atoms with Crippen LogP contribution < -0.4 is 4.74 Å². The van der Waals surface area contributed by atoms with Gasteiger partial charge in [-0.05, 0) is 68.5 Å². The summed E-state index contributed by atoms with van der Waals surface area (Å²) in [6.07, 6.45) is 10.9. The van der Waals surface area contributed by atoms with Crippen LogP contribution in [0.1, 0.15) is 36.1 Å². The van der Waals surface area contributed by atoms with E-state index in [1.54, 1.807) is 20.1 Å². The largest absolute Gasteiger partial charge is 0.496 e. The van der Waals surface area contributed by atoms with Gasteiger partial charge in [0.1, 0.15) is 5.75 Å². The Balaban J connectivity index is 0.00000576. The minimum Gasteiger partial charge on any atom is -0.496 e. The van der Waals surface area contributed by atoms with Crippen molar-refractivity contribution in [1.29, 1.82) is 0 Å². The molecular weight excluding hydrogens is 323 g/mol. The quantitative estimate of drug-likeness (QED) is 0.456. The Morgan fingerprint density at radius 1 is 1.08 bits per heavy atom. The maximum absolute atomic E-state index is 10.6. The first-order valence-corrected chi connectivity index (χ1v) is 7.85. The van der Waals surface area contributed by atoms with Crippen LogP contribution in [0.3, 0.4) is 0 Å². The Hall–Kier alpha value is -1.55. The Morgan fingerprint density at radius 2 is 1.72 bits per heavy atom. The topological polar surface area (TPSA) is 46.5 Å². The van der Waals surface area contributed by atoms with Gasteiger partial charge in [0.2, 0.25) is 0 Å². The second-order valence-corrected chi connectivity index (χ2v) is 5.89. The number of ether oxygens (including phenoxy) is 1. The van der Waals surface area contributed by atoms with Gasteiger partial charge in [-0.1, -0.05) is 36.0 Å². The predicted molar refractivity (Wildman–Crippen MR) is 106 cm³/mol. The number of carboxylic acid groups (broad SMARTS) is 1. The Kier molecular flexibility index (Phi) is 10.4. The number of carboxylic acids is 1. The Morgan fingerprint density at radius 3 is 2.28 bits per heavy atom. The van der Waals surface area contributed by atoms with Crippen LogP contribution in [-0.4, -0.2) is 47.7 Å². The van der Waals surface area contributed by atoms with Gasteiger partial charge in [0.05, 0.1) is 7.11 Å². The number of aryl methyl sites for hydroxylation is 1. The molecule has 1 N–H and O–H groups in total. The fraction of sp³-hybridized carbons (Fsp3) is 0.286. The maximum Gasteiger partial charge on any atom is 0.328 e. The van der Waals surface area contributed by atoms with Crippen LogP contribution in [0.2, 0.25) is 0 Å². The van der Waals surface area contributed by atoms with Crippen LogP contribution in [0, 0.1) is 20.8 Å². The van der Waals surface area contributed by atoms with Crippen LogP contribution in [-0.2, 0) is 4.79 Å². The average Bonchev–Trinajstić information content (AvgIpc) is 2.50. The summed E-state index contributed by atoms with van der Waals surface area (Å²) in [6, 6.07) is 2.06. The number of hydrogen-bond acceptors (Lipinski definition) is 2. The van der Waals surface area contributed by atoms with E-state index in [-0.39, 0.29) is 29.6 Å². The minimum absolute atomic E-state index is 0. The molecule has 0 unspecified atom stereocenters. The third-order valence-corrected chi connectivity index (χ3v) is 3.91. The molecule has 1 rings (SSSR count). The molecule has 0 saturated carbocycles. The van der Waals surface area contributed by atoms with E-state index in [0.717, 1.165) is 16.9 Å². The molecule has 1 aromatic rings. The summed E-state index contributed by atoms with van der Waals surface area (Å²) in [5.74, 6) is -0.0170. The third kappa shape index (κ3) is 7.47. The van der Waals surface area contributed by atoms with Gasteiger partial charge in [-0.25, -0.2) is 4.79 Å². The Bertz CT molecular complexity index is 738. The molecule has 0 atom stereocenters. The van der Waals surface area contributed by atoms with Crippen molar-refractivity contribution in [2.24, 2.45) is 0 Å². The van der Waals surface area contributed by atoms with Crippen molar-refractivity contribution in [2.45, 2.75) is 34.6 Å². The standard InChI is InChI=1S/C21H26O3.Na/c1-14(8-7-9-15(2)12-21(22)23)10-11-19-16(3)13-20(24-6)18(5)17(19)4;/h7-13H,1-6H3,(H,22,23);/b9-7+,11-10+,14-8+,15-12+;. The van der Waals surface area contributed by atoms with E-state index in [1.165, 1.54) is 22.8 Å². The maximum atomic E-state index is 10.6. The molecule has 0 spiro atoms. The monoisotopic (exact) mass is 349 g/mol. The van der Waals surface area contributed by atoms with Crippen LogP contribution in [0.5, 0.6) is 5.75 Å². The first-order valence-electron chi connectivity index (χ1n) is 7.85. The van der Waals surface area contributed by atoms with Crippen molar-refractivity contribution in [1.82, 2.24) is 0 Å². The first kappa shape index (κ1) is 23.4. The molecule has 0 fully saturated rings. The fourth-order valence-electron chi connectivity index (χ4n) is 2.40. The molecule has 1 aromatic carbocycles.